The summed E-state index contributed by atoms with van der Waals surface area (Å²) < 4.78 is 6.12. The van der Waals surface area contributed by atoms with Gasteiger partial charge in [-0.25, -0.2) is 0 Å². The summed E-state index contributed by atoms with van der Waals surface area (Å²) in [7, 11) is 0. The molecule has 1 atom stereocenters. The van der Waals surface area contributed by atoms with E-state index in [1.54, 1.807) is 24.3 Å². The van der Waals surface area contributed by atoms with Crippen LogP contribution in [0.1, 0.15) is 49.1 Å². The van der Waals surface area contributed by atoms with Crippen LogP contribution in [0.15, 0.2) is 78.4 Å². The molecule has 3 aromatic rings. The van der Waals surface area contributed by atoms with E-state index in [9.17, 15) is 14.7 Å². The molecular formula is C29H28ClNO4. The number of para-hydroxylation sites is 1. The van der Waals surface area contributed by atoms with Crippen LogP contribution in [0.3, 0.4) is 0 Å². The second kappa shape index (κ2) is 9.59. The van der Waals surface area contributed by atoms with Crippen LogP contribution in [0.25, 0.3) is 5.76 Å². The van der Waals surface area contributed by atoms with Gasteiger partial charge in [0.05, 0.1) is 18.2 Å². The molecule has 35 heavy (non-hydrogen) atoms. The van der Waals surface area contributed by atoms with Gasteiger partial charge in [-0.05, 0) is 63.6 Å². The predicted molar refractivity (Wildman–Crippen MR) is 137 cm³/mol. The smallest absolute Gasteiger partial charge is 0.295 e. The van der Waals surface area contributed by atoms with Crippen molar-refractivity contribution >= 4 is 29.1 Å². The Labute approximate surface area is 210 Å². The fraction of sp³-hybridized carbons (Fsp3) is 0.241. The molecule has 0 spiro atoms. The van der Waals surface area contributed by atoms with E-state index in [2.05, 4.69) is 0 Å². The first-order valence-corrected chi connectivity index (χ1v) is 11.8. The average molecular weight is 490 g/mol. The van der Waals surface area contributed by atoms with Crippen molar-refractivity contribution in [3.8, 4) is 5.75 Å². The lowest BCUT2D eigenvalue weighted by molar-refractivity contribution is -0.140. The fourth-order valence-electron chi connectivity index (χ4n) is 4.24. The molecule has 1 aliphatic heterocycles. The quantitative estimate of drug-likeness (QED) is 0.254. The van der Waals surface area contributed by atoms with Gasteiger partial charge in [-0.3, -0.25) is 9.59 Å². The number of amides is 1. The van der Waals surface area contributed by atoms with Crippen LogP contribution in [0.2, 0.25) is 5.02 Å². The third-order valence-corrected chi connectivity index (χ3v) is 6.00. The molecule has 0 saturated carbocycles. The summed E-state index contributed by atoms with van der Waals surface area (Å²) in [5, 5.41) is 11.7. The molecule has 1 amide bonds. The van der Waals surface area contributed by atoms with E-state index in [1.165, 1.54) is 4.90 Å². The van der Waals surface area contributed by atoms with Gasteiger partial charge < -0.3 is 14.7 Å². The number of hydrogen-bond acceptors (Lipinski definition) is 4. The first-order valence-electron chi connectivity index (χ1n) is 11.4. The van der Waals surface area contributed by atoms with Gasteiger partial charge in [-0.2, -0.15) is 0 Å². The molecule has 0 bridgehead atoms. The zero-order chi connectivity index (χ0) is 25.3. The average Bonchev–Trinajstić information content (AvgIpc) is 3.04. The third-order valence-electron chi connectivity index (χ3n) is 5.74. The molecule has 3 aromatic carbocycles. The van der Waals surface area contributed by atoms with Crippen LogP contribution >= 0.6 is 11.6 Å². The molecule has 4 rings (SSSR count). The number of rotatable bonds is 5. The SMILES string of the molecule is Cc1cccc(C2/C(=C(\O)c3ccc(Cl)cc3)C(=O)C(=O)N2Cc2ccccc2OC(C)(C)C)c1. The number of halogens is 1. The number of carbonyl (C=O) groups is 2. The van der Waals surface area contributed by atoms with Gasteiger partial charge in [0, 0.05) is 16.1 Å². The van der Waals surface area contributed by atoms with E-state index in [0.717, 1.165) is 16.7 Å². The number of nitrogens with zero attached hydrogens (tertiary/aromatic N) is 1. The third kappa shape index (κ3) is 5.25. The van der Waals surface area contributed by atoms with E-state index >= 15 is 0 Å². The predicted octanol–water partition coefficient (Wildman–Crippen LogP) is 6.45. The Morgan fingerprint density at radius 2 is 1.69 bits per heavy atom. The van der Waals surface area contributed by atoms with Crippen LogP contribution in [0, 0.1) is 6.92 Å². The van der Waals surface area contributed by atoms with Gasteiger partial charge in [-0.15, -0.1) is 0 Å². The number of benzene rings is 3. The molecule has 0 aromatic heterocycles. The molecule has 1 heterocycles. The van der Waals surface area contributed by atoms with E-state index in [1.807, 2.05) is 76.2 Å². The maximum atomic E-state index is 13.3. The number of ketones is 1. The molecule has 1 fully saturated rings. The number of aliphatic hydroxyl groups is 1. The number of aliphatic hydroxyl groups excluding tert-OH is 1. The summed E-state index contributed by atoms with van der Waals surface area (Å²) in [6.07, 6.45) is 0. The highest BCUT2D eigenvalue weighted by Gasteiger charge is 2.46. The highest BCUT2D eigenvalue weighted by atomic mass is 35.5. The van der Waals surface area contributed by atoms with Crippen molar-refractivity contribution in [2.24, 2.45) is 0 Å². The van der Waals surface area contributed by atoms with Crippen LogP contribution in [-0.4, -0.2) is 27.3 Å². The van der Waals surface area contributed by atoms with Gasteiger partial charge in [0.25, 0.3) is 11.7 Å². The number of Topliss-reactive ketones (excluding diaryl/α,β-unsaturated/α-hetero) is 1. The minimum Gasteiger partial charge on any atom is -0.507 e. The van der Waals surface area contributed by atoms with E-state index in [4.69, 9.17) is 16.3 Å². The van der Waals surface area contributed by atoms with Gasteiger partial charge in [-0.1, -0.05) is 59.6 Å². The van der Waals surface area contributed by atoms with E-state index in [0.29, 0.717) is 16.3 Å². The number of hydrogen-bond donors (Lipinski definition) is 1. The molecule has 1 saturated heterocycles. The van der Waals surface area contributed by atoms with Gasteiger partial charge >= 0.3 is 0 Å². The summed E-state index contributed by atoms with van der Waals surface area (Å²) in [4.78, 5) is 28.2. The van der Waals surface area contributed by atoms with Crippen LogP contribution in [-0.2, 0) is 16.1 Å². The largest absolute Gasteiger partial charge is 0.507 e. The summed E-state index contributed by atoms with van der Waals surface area (Å²) >= 11 is 6.00. The van der Waals surface area contributed by atoms with Crippen molar-refractivity contribution in [2.45, 2.75) is 45.9 Å². The maximum absolute atomic E-state index is 13.3. The Hall–Kier alpha value is -3.57. The van der Waals surface area contributed by atoms with Crippen molar-refractivity contribution < 1.29 is 19.4 Å². The number of carbonyl (C=O) groups excluding carboxylic acids is 2. The van der Waals surface area contributed by atoms with Gasteiger partial charge in [0.1, 0.15) is 17.1 Å². The Kier molecular flexibility index (Phi) is 6.73. The first kappa shape index (κ1) is 24.6. The van der Waals surface area contributed by atoms with Crippen molar-refractivity contribution in [3.63, 3.8) is 0 Å². The van der Waals surface area contributed by atoms with Crippen molar-refractivity contribution in [2.75, 3.05) is 0 Å². The van der Waals surface area contributed by atoms with Crippen molar-refractivity contribution in [3.05, 3.63) is 106 Å². The zero-order valence-corrected chi connectivity index (χ0v) is 21.0. The molecule has 6 heteroatoms. The second-order valence-corrected chi connectivity index (χ2v) is 10.1. The normalized spacial score (nSPS) is 17.6. The monoisotopic (exact) mass is 489 g/mol. The van der Waals surface area contributed by atoms with Crippen LogP contribution in [0.4, 0.5) is 0 Å². The second-order valence-electron chi connectivity index (χ2n) is 9.67. The maximum Gasteiger partial charge on any atom is 0.295 e. The number of ether oxygens (including phenoxy) is 1. The number of likely N-dealkylation sites (tertiary alicyclic amines) is 1. The summed E-state index contributed by atoms with van der Waals surface area (Å²) in [6.45, 7) is 7.95. The van der Waals surface area contributed by atoms with E-state index < -0.39 is 23.3 Å². The van der Waals surface area contributed by atoms with Gasteiger partial charge in [0.2, 0.25) is 0 Å². The molecule has 1 unspecified atom stereocenters. The van der Waals surface area contributed by atoms with Gasteiger partial charge in [0.15, 0.2) is 0 Å². The molecule has 1 aliphatic rings. The molecule has 0 aliphatic carbocycles. The standard InChI is InChI=1S/C29H28ClNO4/c1-18-8-7-10-20(16-18)25-24(26(32)19-12-14-22(30)15-13-19)27(33)28(34)31(25)17-21-9-5-6-11-23(21)35-29(2,3)4/h5-16,25,32H,17H2,1-4H3/b26-24+. The summed E-state index contributed by atoms with van der Waals surface area (Å²) in [5.74, 6) is -0.980. The lowest BCUT2D eigenvalue weighted by Crippen LogP contribution is -2.30. The molecule has 0 radical (unpaired) electrons. The Morgan fingerprint density at radius 1 is 1.00 bits per heavy atom. The lowest BCUT2D eigenvalue weighted by Gasteiger charge is -2.28. The van der Waals surface area contributed by atoms with Crippen LogP contribution in [0.5, 0.6) is 5.75 Å². The van der Waals surface area contributed by atoms with Crippen molar-refractivity contribution in [1.29, 1.82) is 0 Å². The Bertz CT molecular complexity index is 1300. The minimum atomic E-state index is -0.756. The Balaban J connectivity index is 1.85. The van der Waals surface area contributed by atoms with Crippen LogP contribution < -0.4 is 4.74 Å². The lowest BCUT2D eigenvalue weighted by atomic mass is 9.94. The summed E-state index contributed by atoms with van der Waals surface area (Å²) in [6, 6.07) is 20.9. The topological polar surface area (TPSA) is 66.8 Å². The highest BCUT2D eigenvalue weighted by Crippen LogP contribution is 2.41. The highest BCUT2D eigenvalue weighted by molar-refractivity contribution is 6.46. The molecular weight excluding hydrogens is 462 g/mol. The molecule has 180 valence electrons. The fourth-order valence-corrected chi connectivity index (χ4v) is 4.37. The number of aryl methyl sites for hydroxylation is 1. The zero-order valence-electron chi connectivity index (χ0n) is 20.2. The molecule has 5 nitrogen and oxygen atoms in total. The Morgan fingerprint density at radius 3 is 2.34 bits per heavy atom. The summed E-state index contributed by atoms with van der Waals surface area (Å²) in [5.41, 5.74) is 2.53. The molecule has 1 N–H and O–H groups in total. The first-order chi connectivity index (χ1) is 16.5. The van der Waals surface area contributed by atoms with E-state index in [-0.39, 0.29) is 17.9 Å². The minimum absolute atomic E-state index is 0.0529. The van der Waals surface area contributed by atoms with Crippen molar-refractivity contribution in [1.82, 2.24) is 4.90 Å².